The van der Waals surface area contributed by atoms with Crippen LogP contribution in [0.5, 0.6) is 0 Å². The van der Waals surface area contributed by atoms with Gasteiger partial charge in [0, 0.05) is 24.7 Å². The zero-order valence-electron chi connectivity index (χ0n) is 17.8. The van der Waals surface area contributed by atoms with Gasteiger partial charge in [0.25, 0.3) is 6.01 Å². The molecule has 3 aromatic heterocycles. The molecule has 2 saturated heterocycles. The van der Waals surface area contributed by atoms with Crippen LogP contribution in [0.15, 0.2) is 28.8 Å². The van der Waals surface area contributed by atoms with Gasteiger partial charge < -0.3 is 14.2 Å². The van der Waals surface area contributed by atoms with Crippen LogP contribution in [0.25, 0.3) is 28.0 Å². The van der Waals surface area contributed by atoms with Gasteiger partial charge in [-0.05, 0) is 70.0 Å². The number of nitrogens with zero attached hydrogens (tertiary/aromatic N) is 6. The molecule has 31 heavy (non-hydrogen) atoms. The second kappa shape index (κ2) is 7.02. The zero-order valence-corrected chi connectivity index (χ0v) is 17.8. The molecule has 2 fully saturated rings. The Bertz CT molecular complexity index is 1280. The fraction of sp³-hybridized carbons (Fsp3) is 0.435. The van der Waals surface area contributed by atoms with E-state index in [1.165, 1.54) is 25.6 Å². The fourth-order valence-electron chi connectivity index (χ4n) is 4.77. The highest BCUT2D eigenvalue weighted by molar-refractivity contribution is 5.81. The fourth-order valence-corrected chi connectivity index (χ4v) is 4.77. The summed E-state index contributed by atoms with van der Waals surface area (Å²) in [6, 6.07) is 6.42. The van der Waals surface area contributed by atoms with E-state index in [1.807, 2.05) is 32.2 Å². The van der Waals surface area contributed by atoms with Gasteiger partial charge in [-0.2, -0.15) is 10.1 Å². The van der Waals surface area contributed by atoms with E-state index in [-0.39, 0.29) is 11.3 Å². The number of fused-ring (bicyclic) bond motifs is 2. The molecule has 1 aromatic carbocycles. The molecule has 6 rings (SSSR count). The molecule has 160 valence electrons. The van der Waals surface area contributed by atoms with E-state index in [0.717, 1.165) is 42.8 Å². The molecular weight excluding hydrogens is 395 g/mol. The number of piperidine rings is 1. The normalized spacial score (nSPS) is 18.2. The number of likely N-dealkylation sites (tertiary alicyclic amines) is 1. The van der Waals surface area contributed by atoms with Gasteiger partial charge in [-0.15, -0.1) is 0 Å². The average Bonchev–Trinajstić information content (AvgIpc) is 3.31. The Morgan fingerprint density at radius 1 is 1.03 bits per heavy atom. The number of hydrogen-bond acceptors (Lipinski definition) is 6. The second-order valence-electron chi connectivity index (χ2n) is 8.77. The van der Waals surface area contributed by atoms with Gasteiger partial charge in [0.15, 0.2) is 17.0 Å². The first-order valence-corrected chi connectivity index (χ1v) is 11.0. The minimum absolute atomic E-state index is 0.278. The highest BCUT2D eigenvalue weighted by Crippen LogP contribution is 2.31. The predicted octanol–water partition coefficient (Wildman–Crippen LogP) is 3.97. The highest BCUT2D eigenvalue weighted by Gasteiger charge is 2.29. The van der Waals surface area contributed by atoms with E-state index in [2.05, 4.69) is 24.9 Å². The van der Waals surface area contributed by atoms with Crippen molar-refractivity contribution >= 4 is 22.8 Å². The van der Waals surface area contributed by atoms with Crippen molar-refractivity contribution in [1.82, 2.24) is 24.5 Å². The van der Waals surface area contributed by atoms with Crippen LogP contribution >= 0.6 is 0 Å². The van der Waals surface area contributed by atoms with Crippen LogP contribution in [0, 0.1) is 19.7 Å². The Morgan fingerprint density at radius 3 is 2.58 bits per heavy atom. The number of benzene rings is 1. The van der Waals surface area contributed by atoms with Gasteiger partial charge in [-0.3, -0.25) is 0 Å². The number of anilines is 1. The van der Waals surface area contributed by atoms with Gasteiger partial charge in [0.2, 0.25) is 0 Å². The van der Waals surface area contributed by atoms with Crippen molar-refractivity contribution in [3.05, 3.63) is 41.5 Å². The van der Waals surface area contributed by atoms with Gasteiger partial charge in [-0.25, -0.2) is 13.9 Å². The Balaban J connectivity index is 1.31. The number of aryl methyl sites for hydroxylation is 2. The average molecular weight is 420 g/mol. The summed E-state index contributed by atoms with van der Waals surface area (Å²) in [5, 5.41) is 4.62. The summed E-state index contributed by atoms with van der Waals surface area (Å²) in [6.07, 6.45) is 5.38. The molecule has 7 nitrogen and oxygen atoms in total. The van der Waals surface area contributed by atoms with Crippen molar-refractivity contribution in [2.45, 2.75) is 39.2 Å². The lowest BCUT2D eigenvalue weighted by atomic mass is 10.00. The Morgan fingerprint density at radius 2 is 1.84 bits per heavy atom. The molecule has 2 aliphatic heterocycles. The van der Waals surface area contributed by atoms with Gasteiger partial charge in [0.05, 0.1) is 17.6 Å². The lowest BCUT2D eigenvalue weighted by molar-refractivity contribution is 0.0994. The molecule has 0 atom stereocenters. The summed E-state index contributed by atoms with van der Waals surface area (Å²) in [7, 11) is 0. The predicted molar refractivity (Wildman–Crippen MR) is 117 cm³/mol. The van der Waals surface area contributed by atoms with Crippen LogP contribution in [-0.2, 0) is 0 Å². The van der Waals surface area contributed by atoms with E-state index >= 15 is 0 Å². The molecule has 0 N–H and O–H groups in total. The van der Waals surface area contributed by atoms with Crippen LogP contribution in [0.1, 0.15) is 30.5 Å². The third-order valence-electron chi connectivity index (χ3n) is 6.60. The van der Waals surface area contributed by atoms with E-state index < -0.39 is 0 Å². The lowest BCUT2D eigenvalue weighted by Gasteiger charge is -2.42. The molecular formula is C23H25FN6O. The number of oxazole rings is 1. The quantitative estimate of drug-likeness (QED) is 0.500. The van der Waals surface area contributed by atoms with E-state index in [1.54, 1.807) is 4.52 Å². The zero-order chi connectivity index (χ0) is 21.1. The van der Waals surface area contributed by atoms with Gasteiger partial charge >= 0.3 is 0 Å². The van der Waals surface area contributed by atoms with Crippen molar-refractivity contribution in [3.8, 4) is 11.3 Å². The molecule has 0 spiro atoms. The molecule has 0 saturated carbocycles. The Hall–Kier alpha value is -3.00. The van der Waals surface area contributed by atoms with Crippen LogP contribution in [-0.4, -0.2) is 56.7 Å². The van der Waals surface area contributed by atoms with E-state index in [0.29, 0.717) is 28.9 Å². The first-order chi connectivity index (χ1) is 15.0. The second-order valence-corrected chi connectivity index (χ2v) is 8.77. The summed E-state index contributed by atoms with van der Waals surface area (Å²) < 4.78 is 22.7. The first kappa shape index (κ1) is 18.7. The topological polar surface area (TPSA) is 62.7 Å². The molecule has 5 heterocycles. The molecule has 4 aromatic rings. The molecule has 0 amide bonds. The molecule has 8 heteroatoms. The summed E-state index contributed by atoms with van der Waals surface area (Å²) in [5.74, 6) is -0.390. The number of halogens is 1. The molecule has 0 bridgehead atoms. The molecule has 0 radical (unpaired) electrons. The minimum atomic E-state index is -0.390. The molecule has 0 aliphatic carbocycles. The van der Waals surface area contributed by atoms with Crippen molar-refractivity contribution in [2.75, 3.05) is 31.1 Å². The largest absolute Gasteiger partial charge is 0.423 e. The summed E-state index contributed by atoms with van der Waals surface area (Å²) in [4.78, 5) is 13.7. The monoisotopic (exact) mass is 420 g/mol. The van der Waals surface area contributed by atoms with Gasteiger partial charge in [0.1, 0.15) is 5.52 Å². The van der Waals surface area contributed by atoms with Crippen LogP contribution in [0.3, 0.4) is 0 Å². The summed E-state index contributed by atoms with van der Waals surface area (Å²) in [5.41, 5.74) is 4.77. The number of rotatable bonds is 3. The first-order valence-electron chi connectivity index (χ1n) is 11.0. The maximum atomic E-state index is 15.0. The van der Waals surface area contributed by atoms with Crippen LogP contribution in [0.2, 0.25) is 0 Å². The van der Waals surface area contributed by atoms with Crippen LogP contribution in [0.4, 0.5) is 10.4 Å². The SMILES string of the molecule is Cc1cn2nc(-c3cc(F)c4nc(N5CCC(N6CCC6)CC5)oc4c3)cc(C)c2n1. The highest BCUT2D eigenvalue weighted by atomic mass is 19.1. The lowest BCUT2D eigenvalue weighted by Crippen LogP contribution is -2.50. The van der Waals surface area contributed by atoms with Crippen molar-refractivity contribution in [2.24, 2.45) is 0 Å². The number of aromatic nitrogens is 4. The van der Waals surface area contributed by atoms with Gasteiger partial charge in [-0.1, -0.05) is 0 Å². The van der Waals surface area contributed by atoms with E-state index in [4.69, 9.17) is 4.42 Å². The van der Waals surface area contributed by atoms with Crippen LogP contribution < -0.4 is 4.90 Å². The summed E-state index contributed by atoms with van der Waals surface area (Å²) in [6.45, 7) is 8.14. The van der Waals surface area contributed by atoms with E-state index in [9.17, 15) is 4.39 Å². The smallest absolute Gasteiger partial charge is 0.298 e. The molecule has 0 unspecified atom stereocenters. The third-order valence-corrected chi connectivity index (χ3v) is 6.60. The third kappa shape index (κ3) is 3.17. The minimum Gasteiger partial charge on any atom is -0.423 e. The maximum absolute atomic E-state index is 15.0. The van der Waals surface area contributed by atoms with Crippen molar-refractivity contribution in [3.63, 3.8) is 0 Å². The summed E-state index contributed by atoms with van der Waals surface area (Å²) >= 11 is 0. The molecule has 2 aliphatic rings. The maximum Gasteiger partial charge on any atom is 0.298 e. The number of hydrogen-bond donors (Lipinski definition) is 0. The Kier molecular flexibility index (Phi) is 4.24. The Labute approximate surface area is 179 Å². The standard InChI is InChI=1S/C23H25FN6O/c1-14-10-19(27-30-13-15(2)25-22(14)30)16-11-18(24)21-20(12-16)31-23(26-21)29-8-4-17(5-9-29)28-6-3-7-28/h10-13,17H,3-9H2,1-2H3. The van der Waals surface area contributed by atoms with Crippen molar-refractivity contribution in [1.29, 1.82) is 0 Å². The number of imidazole rings is 1. The van der Waals surface area contributed by atoms with Crippen molar-refractivity contribution < 1.29 is 8.81 Å².